The van der Waals surface area contributed by atoms with Gasteiger partial charge >= 0.3 is 12.4 Å². The molecule has 0 spiro atoms. The number of nitrogens with zero attached hydrogens (tertiary/aromatic N) is 4. The van der Waals surface area contributed by atoms with Crippen molar-refractivity contribution in [1.82, 2.24) is 20.3 Å². The van der Waals surface area contributed by atoms with Crippen LogP contribution in [0.1, 0.15) is 16.8 Å². The van der Waals surface area contributed by atoms with Crippen LogP contribution in [-0.4, -0.2) is 40.0 Å². The molecule has 0 radical (unpaired) electrons. The van der Waals surface area contributed by atoms with Crippen molar-refractivity contribution < 1.29 is 22.7 Å². The van der Waals surface area contributed by atoms with E-state index in [1.165, 1.54) is 24.7 Å². The first kappa shape index (κ1) is 23.5. The van der Waals surface area contributed by atoms with Crippen LogP contribution >= 0.6 is 15.9 Å². The van der Waals surface area contributed by atoms with Gasteiger partial charge in [0, 0.05) is 28.7 Å². The summed E-state index contributed by atoms with van der Waals surface area (Å²) in [4.78, 5) is 22.9. The van der Waals surface area contributed by atoms with Crippen molar-refractivity contribution in [3.63, 3.8) is 0 Å². The Labute approximate surface area is 201 Å². The van der Waals surface area contributed by atoms with Crippen LogP contribution < -0.4 is 15.5 Å². The second kappa shape index (κ2) is 10.1. The second-order valence-electron chi connectivity index (χ2n) is 7.25. The fourth-order valence-electron chi connectivity index (χ4n) is 3.31. The van der Waals surface area contributed by atoms with Crippen molar-refractivity contribution in [3.05, 3.63) is 76.2 Å². The number of hydrogen-bond donors (Lipinski definition) is 2. The van der Waals surface area contributed by atoms with E-state index in [4.69, 9.17) is 0 Å². The number of alkyl halides is 3. The number of hydrogen-bond acceptors (Lipinski definition) is 6. The smallest absolute Gasteiger partial charge is 0.406 e. The summed E-state index contributed by atoms with van der Waals surface area (Å²) in [5.41, 5.74) is 5.45. The van der Waals surface area contributed by atoms with Crippen molar-refractivity contribution in [2.75, 3.05) is 11.9 Å². The Bertz CT molecular complexity index is 1200. The lowest BCUT2D eigenvalue weighted by molar-refractivity contribution is -0.274. The third kappa shape index (κ3) is 6.22. The molecular weight excluding hydrogens is 517 g/mol. The number of hydrazone groups is 1. The minimum Gasteiger partial charge on any atom is -0.406 e. The summed E-state index contributed by atoms with van der Waals surface area (Å²) in [6.45, 7) is 0.739. The van der Waals surface area contributed by atoms with E-state index in [-0.39, 0.29) is 12.3 Å². The molecule has 0 atom stereocenters. The molecule has 176 valence electrons. The Morgan fingerprint density at radius 1 is 1.18 bits per heavy atom. The second-order valence-corrected chi connectivity index (χ2v) is 8.16. The number of carbonyl (C=O) groups excluding carboxylic acids is 1. The highest BCUT2D eigenvalue weighted by Crippen LogP contribution is 2.27. The molecule has 2 N–H and O–H groups in total. The van der Waals surface area contributed by atoms with Crippen LogP contribution in [0.5, 0.6) is 5.75 Å². The summed E-state index contributed by atoms with van der Waals surface area (Å²) < 4.78 is 41.5. The lowest BCUT2D eigenvalue weighted by Crippen LogP contribution is -2.41. The molecule has 1 aromatic heterocycles. The summed E-state index contributed by atoms with van der Waals surface area (Å²) >= 11 is 3.44. The average molecular weight is 535 g/mol. The molecule has 34 heavy (non-hydrogen) atoms. The molecule has 2 amide bonds. The Kier molecular flexibility index (Phi) is 6.96. The maximum absolute atomic E-state index is 12.6. The van der Waals surface area contributed by atoms with E-state index in [9.17, 15) is 18.0 Å². The van der Waals surface area contributed by atoms with Gasteiger partial charge in [0.1, 0.15) is 17.9 Å². The minimum absolute atomic E-state index is 0.289. The van der Waals surface area contributed by atoms with E-state index in [1.807, 2.05) is 24.3 Å². The zero-order chi connectivity index (χ0) is 24.1. The molecule has 0 aliphatic carbocycles. The Balaban J connectivity index is 1.38. The summed E-state index contributed by atoms with van der Waals surface area (Å²) in [7, 11) is 0. The summed E-state index contributed by atoms with van der Waals surface area (Å²) in [6, 6.07) is 12.3. The molecular formula is C22H18BrF3N6O2. The van der Waals surface area contributed by atoms with Gasteiger partial charge in [-0.2, -0.15) is 5.10 Å². The Hall–Kier alpha value is -3.67. The van der Waals surface area contributed by atoms with Crippen molar-refractivity contribution in [1.29, 1.82) is 0 Å². The van der Waals surface area contributed by atoms with Crippen LogP contribution in [0.4, 0.5) is 29.5 Å². The number of anilines is 2. The molecule has 12 heteroatoms. The van der Waals surface area contributed by atoms with Crippen molar-refractivity contribution in [2.45, 2.75) is 19.3 Å². The molecule has 0 fully saturated rings. The molecule has 8 nitrogen and oxygen atoms in total. The topological polar surface area (TPSA) is 91.7 Å². The highest BCUT2D eigenvalue weighted by molar-refractivity contribution is 9.10. The number of nitrogens with one attached hydrogen (secondary N) is 2. The van der Waals surface area contributed by atoms with Crippen LogP contribution in [0, 0.1) is 0 Å². The van der Waals surface area contributed by atoms with Crippen LogP contribution in [0.25, 0.3) is 0 Å². The SMILES string of the molecule is O=C(N/N=C/c1ccc(OC(F)(F)F)cc1)N1CCc2ncnc(Nc3cccc(Br)c3)c2C1. The van der Waals surface area contributed by atoms with Gasteiger partial charge < -0.3 is 15.0 Å². The van der Waals surface area contributed by atoms with Gasteiger partial charge in [-0.15, -0.1) is 13.2 Å². The number of benzene rings is 2. The first-order chi connectivity index (χ1) is 16.3. The minimum atomic E-state index is -4.75. The molecule has 2 aromatic carbocycles. The van der Waals surface area contributed by atoms with E-state index in [0.717, 1.165) is 33.6 Å². The lowest BCUT2D eigenvalue weighted by atomic mass is 10.1. The van der Waals surface area contributed by atoms with E-state index in [0.29, 0.717) is 24.3 Å². The third-order valence-electron chi connectivity index (χ3n) is 4.86. The maximum atomic E-state index is 12.6. The molecule has 0 bridgehead atoms. The van der Waals surface area contributed by atoms with Gasteiger partial charge in [0.15, 0.2) is 0 Å². The van der Waals surface area contributed by atoms with E-state index < -0.39 is 12.4 Å². The number of rotatable bonds is 5. The highest BCUT2D eigenvalue weighted by Gasteiger charge is 2.31. The van der Waals surface area contributed by atoms with Crippen LogP contribution in [0.15, 0.2) is 64.4 Å². The third-order valence-corrected chi connectivity index (χ3v) is 5.36. The van der Waals surface area contributed by atoms with Crippen molar-refractivity contribution in [2.24, 2.45) is 5.10 Å². The fourth-order valence-corrected chi connectivity index (χ4v) is 3.71. The maximum Gasteiger partial charge on any atom is 0.573 e. The van der Waals surface area contributed by atoms with Gasteiger partial charge in [0.25, 0.3) is 0 Å². The first-order valence-electron chi connectivity index (χ1n) is 10.1. The van der Waals surface area contributed by atoms with Gasteiger partial charge in [-0.3, -0.25) is 0 Å². The number of fused-ring (bicyclic) bond motifs is 1. The normalized spacial score (nSPS) is 13.5. The molecule has 1 aliphatic rings. The zero-order valence-electron chi connectivity index (χ0n) is 17.5. The van der Waals surface area contributed by atoms with Crippen LogP contribution in [-0.2, 0) is 13.0 Å². The summed E-state index contributed by atoms with van der Waals surface area (Å²) in [5.74, 6) is 0.278. The number of ether oxygens (including phenoxy) is 1. The predicted octanol–water partition coefficient (Wildman–Crippen LogP) is 4.98. The standard InChI is InChI=1S/C22H18BrF3N6O2/c23-15-2-1-3-16(10-15)30-20-18-12-32(9-8-19(18)27-13-28-20)21(33)31-29-11-14-4-6-17(7-5-14)34-22(24,25)26/h1-7,10-11,13H,8-9,12H2,(H,31,33)(H,27,28,30)/b29-11+. The Morgan fingerprint density at radius 2 is 1.97 bits per heavy atom. The molecule has 3 aromatic rings. The molecule has 0 saturated carbocycles. The number of aromatic nitrogens is 2. The quantitative estimate of drug-likeness (QED) is 0.355. The van der Waals surface area contributed by atoms with Crippen LogP contribution in [0.3, 0.4) is 0 Å². The largest absolute Gasteiger partial charge is 0.573 e. The Morgan fingerprint density at radius 3 is 2.71 bits per heavy atom. The van der Waals surface area contributed by atoms with Crippen molar-refractivity contribution >= 4 is 39.7 Å². The van der Waals surface area contributed by atoms with E-state index in [1.54, 1.807) is 4.90 Å². The van der Waals surface area contributed by atoms with Gasteiger partial charge in [-0.1, -0.05) is 22.0 Å². The monoisotopic (exact) mass is 534 g/mol. The molecule has 0 saturated heterocycles. The lowest BCUT2D eigenvalue weighted by Gasteiger charge is -2.28. The van der Waals surface area contributed by atoms with Crippen LogP contribution in [0.2, 0.25) is 0 Å². The fraction of sp³-hybridized carbons (Fsp3) is 0.182. The molecule has 1 aliphatic heterocycles. The number of carbonyl (C=O) groups is 1. The number of urea groups is 1. The summed E-state index contributed by atoms with van der Waals surface area (Å²) in [5, 5.41) is 7.16. The predicted molar refractivity (Wildman–Crippen MR) is 123 cm³/mol. The van der Waals surface area contributed by atoms with Gasteiger partial charge in [-0.05, 0) is 48.0 Å². The first-order valence-corrected chi connectivity index (χ1v) is 10.9. The van der Waals surface area contributed by atoms with E-state index >= 15 is 0 Å². The van der Waals surface area contributed by atoms with E-state index in [2.05, 4.69) is 46.5 Å². The van der Waals surface area contributed by atoms with Gasteiger partial charge in [0.05, 0.1) is 18.5 Å². The van der Waals surface area contributed by atoms with Gasteiger partial charge in [0.2, 0.25) is 0 Å². The van der Waals surface area contributed by atoms with Crippen molar-refractivity contribution in [3.8, 4) is 5.75 Å². The molecule has 0 unspecified atom stereocenters. The highest BCUT2D eigenvalue weighted by atomic mass is 79.9. The molecule has 2 heterocycles. The zero-order valence-corrected chi connectivity index (χ0v) is 19.1. The average Bonchev–Trinajstić information content (AvgIpc) is 2.79. The molecule has 4 rings (SSSR count). The summed E-state index contributed by atoms with van der Waals surface area (Å²) in [6.07, 6.45) is -1.38. The van der Waals surface area contributed by atoms with Gasteiger partial charge in [-0.25, -0.2) is 20.2 Å². The number of halogens is 4. The number of amides is 2.